The van der Waals surface area contributed by atoms with E-state index < -0.39 is 6.10 Å². The summed E-state index contributed by atoms with van der Waals surface area (Å²) in [6, 6.07) is 17.7. The summed E-state index contributed by atoms with van der Waals surface area (Å²) in [5, 5.41) is 20.7. The number of nitrogens with zero attached hydrogens (tertiary/aromatic N) is 3. The summed E-state index contributed by atoms with van der Waals surface area (Å²) in [6.07, 6.45) is 9.19. The van der Waals surface area contributed by atoms with Crippen LogP contribution in [0.1, 0.15) is 70.5 Å². The van der Waals surface area contributed by atoms with Gasteiger partial charge in [-0.05, 0) is 73.6 Å². The van der Waals surface area contributed by atoms with Crippen molar-refractivity contribution in [2.75, 3.05) is 0 Å². The molecular weight excluding hydrogens is 478 g/mol. The smallest absolute Gasteiger partial charge is 0.272 e. The van der Waals surface area contributed by atoms with E-state index in [4.69, 9.17) is 0 Å². The van der Waals surface area contributed by atoms with Gasteiger partial charge in [0.1, 0.15) is 5.69 Å². The second-order valence-corrected chi connectivity index (χ2v) is 10.4. The highest BCUT2D eigenvalue weighted by atomic mass is 16.3. The summed E-state index contributed by atoms with van der Waals surface area (Å²) in [4.78, 5) is 29.7. The lowest BCUT2D eigenvalue weighted by Crippen LogP contribution is -2.45. The molecule has 2 aliphatic carbocycles. The van der Waals surface area contributed by atoms with Gasteiger partial charge in [0.15, 0.2) is 0 Å². The summed E-state index contributed by atoms with van der Waals surface area (Å²) in [5.41, 5.74) is 5.73. The fourth-order valence-corrected chi connectivity index (χ4v) is 5.08. The molecule has 0 radical (unpaired) electrons. The van der Waals surface area contributed by atoms with Crippen molar-refractivity contribution in [3.63, 3.8) is 0 Å². The first-order valence-electron chi connectivity index (χ1n) is 13.4. The number of aliphatic hydroxyl groups is 1. The molecule has 0 saturated heterocycles. The van der Waals surface area contributed by atoms with E-state index in [9.17, 15) is 14.7 Å². The lowest BCUT2D eigenvalue weighted by atomic mass is 9.92. The largest absolute Gasteiger partial charge is 0.391 e. The molecule has 0 spiro atoms. The van der Waals surface area contributed by atoms with Crippen LogP contribution in [0, 0.1) is 0 Å². The third-order valence-corrected chi connectivity index (χ3v) is 7.44. The zero-order chi connectivity index (χ0) is 26.1. The summed E-state index contributed by atoms with van der Waals surface area (Å²) in [7, 11) is 0. The molecule has 194 valence electrons. The number of aliphatic hydroxyl groups excluding tert-OH is 1. The van der Waals surface area contributed by atoms with E-state index in [-0.39, 0.29) is 17.9 Å². The van der Waals surface area contributed by atoms with Gasteiger partial charge in [-0.3, -0.25) is 14.6 Å². The molecule has 0 aliphatic heterocycles. The van der Waals surface area contributed by atoms with Crippen molar-refractivity contribution in [3.05, 3.63) is 89.4 Å². The molecule has 0 bridgehead atoms. The Hall–Kier alpha value is -4.04. The molecule has 3 N–H and O–H groups in total. The zero-order valence-corrected chi connectivity index (χ0v) is 21.1. The molecule has 4 aromatic rings. The number of hydrogen-bond donors (Lipinski definition) is 3. The van der Waals surface area contributed by atoms with Gasteiger partial charge in [0.25, 0.3) is 11.8 Å². The second kappa shape index (κ2) is 10.4. The first kappa shape index (κ1) is 24.3. The molecule has 2 atom stereocenters. The maximum Gasteiger partial charge on any atom is 0.272 e. The summed E-state index contributed by atoms with van der Waals surface area (Å²) in [5.74, 6) is -0.331. The number of aromatic nitrogens is 3. The number of benzene rings is 1. The van der Waals surface area contributed by atoms with Crippen molar-refractivity contribution < 1.29 is 14.7 Å². The summed E-state index contributed by atoms with van der Waals surface area (Å²) in [6.45, 7) is 0. The Balaban J connectivity index is 1.17. The Morgan fingerprint density at radius 2 is 1.76 bits per heavy atom. The highest BCUT2D eigenvalue weighted by molar-refractivity contribution is 5.94. The number of pyridine rings is 1. The highest BCUT2D eigenvalue weighted by Gasteiger charge is 2.26. The van der Waals surface area contributed by atoms with E-state index in [1.165, 1.54) is 0 Å². The topological polar surface area (TPSA) is 109 Å². The lowest BCUT2D eigenvalue weighted by molar-refractivity contribution is 0.0712. The molecule has 3 aromatic heterocycles. The standard InChI is InChI=1S/C30H31N5O3/c36-28-6-2-1-4-25(28)33-30(38)26-17-22(27-5-3-15-35(27)34-26)16-19-7-9-20(10-8-19)24-14-11-21(18-31-24)29(37)32-23-12-13-23/h3,5,7-11,14-15,17-18,23,25,28,36H,1-2,4,6,12-13,16H2,(H,32,37)(H,33,38)/t25-,28-/m0/s1. The van der Waals surface area contributed by atoms with Gasteiger partial charge < -0.3 is 15.7 Å². The minimum atomic E-state index is -0.508. The van der Waals surface area contributed by atoms with Gasteiger partial charge in [-0.1, -0.05) is 37.1 Å². The minimum absolute atomic E-state index is 0.0704. The summed E-state index contributed by atoms with van der Waals surface area (Å²) < 4.78 is 1.74. The molecule has 2 fully saturated rings. The Bertz CT molecular complexity index is 1460. The molecule has 2 aliphatic rings. The van der Waals surface area contributed by atoms with Gasteiger partial charge in [-0.25, -0.2) is 4.52 Å². The SMILES string of the molecule is O=C(NC1CC1)c1ccc(-c2ccc(Cc3cc(C(=O)N[C@H]4CCCC[C@@H]4O)nn4cccc34)cc2)nc1. The molecule has 0 unspecified atom stereocenters. The van der Waals surface area contributed by atoms with Crippen LogP contribution in [0.15, 0.2) is 67.0 Å². The van der Waals surface area contributed by atoms with E-state index in [0.29, 0.717) is 30.1 Å². The number of hydrogen-bond acceptors (Lipinski definition) is 5. The van der Waals surface area contributed by atoms with Crippen LogP contribution in [0.3, 0.4) is 0 Å². The van der Waals surface area contributed by atoms with Gasteiger partial charge in [0, 0.05) is 24.0 Å². The van der Waals surface area contributed by atoms with Crippen LogP contribution < -0.4 is 10.6 Å². The number of nitrogens with one attached hydrogen (secondary N) is 2. The van der Waals surface area contributed by atoms with Gasteiger partial charge in [-0.15, -0.1) is 0 Å². The molecule has 3 heterocycles. The number of amides is 2. The van der Waals surface area contributed by atoms with E-state index in [0.717, 1.165) is 60.0 Å². The van der Waals surface area contributed by atoms with Crippen LogP contribution in [-0.2, 0) is 6.42 Å². The van der Waals surface area contributed by atoms with Crippen molar-refractivity contribution in [1.29, 1.82) is 0 Å². The quantitative estimate of drug-likeness (QED) is 0.350. The van der Waals surface area contributed by atoms with Gasteiger partial charge >= 0.3 is 0 Å². The first-order valence-corrected chi connectivity index (χ1v) is 13.4. The third kappa shape index (κ3) is 5.31. The average Bonchev–Trinajstić information content (AvgIpc) is 3.62. The van der Waals surface area contributed by atoms with Crippen LogP contribution in [0.4, 0.5) is 0 Å². The van der Waals surface area contributed by atoms with Gasteiger partial charge in [0.05, 0.1) is 28.9 Å². The first-order chi connectivity index (χ1) is 18.5. The molecule has 38 heavy (non-hydrogen) atoms. The maximum atomic E-state index is 13.0. The fourth-order valence-electron chi connectivity index (χ4n) is 5.08. The van der Waals surface area contributed by atoms with Crippen LogP contribution in [-0.4, -0.2) is 49.7 Å². The Morgan fingerprint density at radius 1 is 0.947 bits per heavy atom. The van der Waals surface area contributed by atoms with Crippen molar-refractivity contribution in [1.82, 2.24) is 25.2 Å². The maximum absolute atomic E-state index is 13.0. The lowest BCUT2D eigenvalue weighted by Gasteiger charge is -2.28. The molecule has 1 aromatic carbocycles. The van der Waals surface area contributed by atoms with Crippen molar-refractivity contribution in [2.24, 2.45) is 0 Å². The Morgan fingerprint density at radius 3 is 2.50 bits per heavy atom. The minimum Gasteiger partial charge on any atom is -0.391 e. The highest BCUT2D eigenvalue weighted by Crippen LogP contribution is 2.23. The van der Waals surface area contributed by atoms with E-state index >= 15 is 0 Å². The molecule has 8 nitrogen and oxygen atoms in total. The van der Waals surface area contributed by atoms with Gasteiger partial charge in [0.2, 0.25) is 0 Å². The predicted molar refractivity (Wildman–Crippen MR) is 144 cm³/mol. The van der Waals surface area contributed by atoms with Crippen LogP contribution >= 0.6 is 0 Å². The molecule has 6 rings (SSSR count). The Labute approximate surface area is 221 Å². The van der Waals surface area contributed by atoms with Crippen LogP contribution in [0.5, 0.6) is 0 Å². The number of rotatable bonds is 7. The number of fused-ring (bicyclic) bond motifs is 1. The zero-order valence-electron chi connectivity index (χ0n) is 21.1. The molecule has 2 amide bonds. The normalized spacial score (nSPS) is 19.3. The molecule has 8 heteroatoms. The van der Waals surface area contributed by atoms with Crippen LogP contribution in [0.2, 0.25) is 0 Å². The molecule has 2 saturated carbocycles. The monoisotopic (exact) mass is 509 g/mol. The predicted octanol–water partition coefficient (Wildman–Crippen LogP) is 3.91. The van der Waals surface area contributed by atoms with E-state index in [1.54, 1.807) is 10.7 Å². The van der Waals surface area contributed by atoms with Gasteiger partial charge in [-0.2, -0.15) is 5.10 Å². The van der Waals surface area contributed by atoms with Crippen molar-refractivity contribution in [3.8, 4) is 11.3 Å². The fraction of sp³-hybridized carbons (Fsp3) is 0.333. The second-order valence-electron chi connectivity index (χ2n) is 10.4. The number of carbonyl (C=O) groups is 2. The Kier molecular flexibility index (Phi) is 6.64. The summed E-state index contributed by atoms with van der Waals surface area (Å²) >= 11 is 0. The van der Waals surface area contributed by atoms with E-state index in [1.807, 2.05) is 48.7 Å². The van der Waals surface area contributed by atoms with Crippen molar-refractivity contribution >= 4 is 17.3 Å². The van der Waals surface area contributed by atoms with E-state index in [2.05, 4.69) is 32.8 Å². The molecular formula is C30H31N5O3. The van der Waals surface area contributed by atoms with Crippen molar-refractivity contribution in [2.45, 2.75) is 63.1 Å². The number of carbonyl (C=O) groups excluding carboxylic acids is 2. The average molecular weight is 510 g/mol. The third-order valence-electron chi connectivity index (χ3n) is 7.44. The van der Waals surface area contributed by atoms with Crippen LogP contribution in [0.25, 0.3) is 16.8 Å².